The molecule has 0 atom stereocenters. The van der Waals surface area contributed by atoms with Gasteiger partial charge in [-0.3, -0.25) is 9.82 Å². The van der Waals surface area contributed by atoms with E-state index in [1.54, 1.807) is 23.7 Å². The smallest absolute Gasteiger partial charge is 0.118 e. The Bertz CT molecular complexity index is 700. The Labute approximate surface area is 134 Å². The average Bonchev–Trinajstić information content (AvgIpc) is 2.99. The van der Waals surface area contributed by atoms with Gasteiger partial charge < -0.3 is 0 Å². The first-order valence-corrected chi connectivity index (χ1v) is 7.94. The van der Waals surface area contributed by atoms with E-state index in [9.17, 15) is 0 Å². The first-order chi connectivity index (χ1) is 10.8. The first kappa shape index (κ1) is 14.7. The number of hydroxylamine groups is 1. The molecule has 5 heteroatoms. The molecule has 22 heavy (non-hydrogen) atoms. The molecule has 0 saturated carbocycles. The molecule has 1 aromatic carbocycles. The number of benzene rings is 1. The molecule has 0 unspecified atom stereocenters. The lowest BCUT2D eigenvalue weighted by atomic mass is 10.2. The first-order valence-electron chi connectivity index (χ1n) is 7.07. The van der Waals surface area contributed by atoms with Crippen LogP contribution in [0.3, 0.4) is 0 Å². The van der Waals surface area contributed by atoms with Gasteiger partial charge >= 0.3 is 0 Å². The van der Waals surface area contributed by atoms with Gasteiger partial charge in [-0.25, -0.2) is 10.0 Å². The van der Waals surface area contributed by atoms with Gasteiger partial charge in [0.1, 0.15) is 6.61 Å². The van der Waals surface area contributed by atoms with Gasteiger partial charge in [-0.15, -0.1) is 11.3 Å². The topological polar surface area (TPSA) is 38.2 Å². The SMILES string of the molecule is Cc1nc(CON(Cc2ccncc2)c2ccccc2)cs1. The predicted octanol–water partition coefficient (Wildman–Crippen LogP) is 3.98. The fourth-order valence-electron chi connectivity index (χ4n) is 2.08. The second kappa shape index (κ2) is 7.15. The number of nitrogens with zero attached hydrogens (tertiary/aromatic N) is 3. The molecule has 0 radical (unpaired) electrons. The summed E-state index contributed by atoms with van der Waals surface area (Å²) in [4.78, 5) is 14.5. The summed E-state index contributed by atoms with van der Waals surface area (Å²) in [6, 6.07) is 14.1. The zero-order valence-electron chi connectivity index (χ0n) is 12.3. The van der Waals surface area contributed by atoms with Crippen LogP contribution in [0, 0.1) is 6.92 Å². The van der Waals surface area contributed by atoms with Crippen LogP contribution in [0.1, 0.15) is 16.3 Å². The van der Waals surface area contributed by atoms with Crippen LogP contribution in [0.5, 0.6) is 0 Å². The lowest BCUT2D eigenvalue weighted by Gasteiger charge is -2.23. The number of hydrogen-bond donors (Lipinski definition) is 0. The summed E-state index contributed by atoms with van der Waals surface area (Å²) >= 11 is 1.64. The molecule has 0 spiro atoms. The van der Waals surface area contributed by atoms with E-state index in [2.05, 4.69) is 9.97 Å². The van der Waals surface area contributed by atoms with Gasteiger partial charge in [-0.1, -0.05) is 18.2 Å². The Morgan fingerprint density at radius 2 is 1.86 bits per heavy atom. The number of anilines is 1. The monoisotopic (exact) mass is 311 g/mol. The molecule has 2 heterocycles. The largest absolute Gasteiger partial charge is 0.267 e. The van der Waals surface area contributed by atoms with Gasteiger partial charge in [0.2, 0.25) is 0 Å². The summed E-state index contributed by atoms with van der Waals surface area (Å²) in [5, 5.41) is 4.98. The number of rotatable bonds is 6. The van der Waals surface area contributed by atoms with Crippen LogP contribution < -0.4 is 5.06 Å². The van der Waals surface area contributed by atoms with Gasteiger partial charge in [0, 0.05) is 17.8 Å². The van der Waals surface area contributed by atoms with Crippen molar-refractivity contribution in [3.8, 4) is 0 Å². The van der Waals surface area contributed by atoms with Crippen molar-refractivity contribution in [3.63, 3.8) is 0 Å². The van der Waals surface area contributed by atoms with E-state index in [0.717, 1.165) is 22.0 Å². The minimum atomic E-state index is 0.463. The molecule has 0 amide bonds. The molecule has 0 aliphatic rings. The molecule has 112 valence electrons. The van der Waals surface area contributed by atoms with Gasteiger partial charge in [0.15, 0.2) is 0 Å². The zero-order valence-corrected chi connectivity index (χ0v) is 13.2. The Morgan fingerprint density at radius 3 is 2.55 bits per heavy atom. The van der Waals surface area contributed by atoms with Crippen LogP contribution in [-0.4, -0.2) is 9.97 Å². The Hall–Kier alpha value is -2.24. The predicted molar refractivity (Wildman–Crippen MR) is 88.5 cm³/mol. The van der Waals surface area contributed by atoms with Crippen molar-refractivity contribution in [2.45, 2.75) is 20.1 Å². The standard InChI is InChI=1S/C17H17N3OS/c1-14-19-16(13-22-14)12-21-20(17-5-3-2-4-6-17)11-15-7-9-18-10-8-15/h2-10,13H,11-12H2,1H3. The molecule has 3 rings (SSSR count). The van der Waals surface area contributed by atoms with Crippen molar-refractivity contribution >= 4 is 17.0 Å². The fourth-order valence-corrected chi connectivity index (χ4v) is 2.68. The minimum absolute atomic E-state index is 0.463. The van der Waals surface area contributed by atoms with E-state index in [1.165, 1.54) is 0 Å². The van der Waals surface area contributed by atoms with Gasteiger partial charge in [-0.05, 0) is 36.8 Å². The summed E-state index contributed by atoms with van der Waals surface area (Å²) in [5.74, 6) is 0. The third-order valence-electron chi connectivity index (χ3n) is 3.15. The van der Waals surface area contributed by atoms with Crippen molar-refractivity contribution in [2.75, 3.05) is 5.06 Å². The third-order valence-corrected chi connectivity index (χ3v) is 3.98. The highest BCUT2D eigenvalue weighted by Gasteiger charge is 2.09. The second-order valence-corrected chi connectivity index (χ2v) is 5.92. The average molecular weight is 311 g/mol. The summed E-state index contributed by atoms with van der Waals surface area (Å²) in [5.41, 5.74) is 3.12. The maximum absolute atomic E-state index is 5.99. The number of aromatic nitrogens is 2. The molecular formula is C17H17N3OS. The quantitative estimate of drug-likeness (QED) is 0.645. The van der Waals surface area contributed by atoms with E-state index in [0.29, 0.717) is 13.2 Å². The van der Waals surface area contributed by atoms with Crippen molar-refractivity contribution in [1.82, 2.24) is 9.97 Å². The normalized spacial score (nSPS) is 10.6. The number of para-hydroxylation sites is 1. The Kier molecular flexibility index (Phi) is 4.78. The van der Waals surface area contributed by atoms with Crippen molar-refractivity contribution in [2.24, 2.45) is 0 Å². The highest BCUT2D eigenvalue weighted by molar-refractivity contribution is 7.09. The van der Waals surface area contributed by atoms with E-state index < -0.39 is 0 Å². The molecule has 2 aromatic heterocycles. The van der Waals surface area contributed by atoms with Crippen LogP contribution in [-0.2, 0) is 18.0 Å². The van der Waals surface area contributed by atoms with Crippen molar-refractivity contribution in [1.29, 1.82) is 0 Å². The third kappa shape index (κ3) is 3.90. The van der Waals surface area contributed by atoms with E-state index in [1.807, 2.05) is 59.8 Å². The van der Waals surface area contributed by atoms with Crippen LogP contribution in [0.25, 0.3) is 0 Å². The van der Waals surface area contributed by atoms with Crippen LogP contribution in [0.4, 0.5) is 5.69 Å². The highest BCUT2D eigenvalue weighted by Crippen LogP contribution is 2.19. The van der Waals surface area contributed by atoms with Gasteiger partial charge in [0.05, 0.1) is 22.9 Å². The van der Waals surface area contributed by atoms with E-state index in [4.69, 9.17) is 4.84 Å². The number of pyridine rings is 1. The molecule has 4 nitrogen and oxygen atoms in total. The lowest BCUT2D eigenvalue weighted by Crippen LogP contribution is -2.23. The summed E-state index contributed by atoms with van der Waals surface area (Å²) in [6.07, 6.45) is 3.59. The molecule has 0 aliphatic heterocycles. The Morgan fingerprint density at radius 1 is 1.09 bits per heavy atom. The fraction of sp³-hybridized carbons (Fsp3) is 0.176. The maximum atomic E-state index is 5.99. The second-order valence-electron chi connectivity index (χ2n) is 4.86. The summed E-state index contributed by atoms with van der Waals surface area (Å²) < 4.78 is 0. The van der Waals surface area contributed by atoms with Crippen LogP contribution in [0.2, 0.25) is 0 Å². The highest BCUT2D eigenvalue weighted by atomic mass is 32.1. The molecular weight excluding hydrogens is 294 g/mol. The van der Waals surface area contributed by atoms with Gasteiger partial charge in [-0.2, -0.15) is 0 Å². The molecule has 0 fully saturated rings. The molecule has 0 saturated heterocycles. The van der Waals surface area contributed by atoms with Crippen LogP contribution >= 0.6 is 11.3 Å². The van der Waals surface area contributed by atoms with E-state index >= 15 is 0 Å². The van der Waals surface area contributed by atoms with Crippen LogP contribution in [0.15, 0.2) is 60.2 Å². The molecule has 3 aromatic rings. The molecule has 0 bridgehead atoms. The number of thiazole rings is 1. The number of aryl methyl sites for hydroxylation is 1. The van der Waals surface area contributed by atoms with Gasteiger partial charge in [0.25, 0.3) is 0 Å². The molecule has 0 N–H and O–H groups in total. The lowest BCUT2D eigenvalue weighted by molar-refractivity contribution is 0.0888. The number of hydrogen-bond acceptors (Lipinski definition) is 5. The zero-order chi connectivity index (χ0) is 15.2. The van der Waals surface area contributed by atoms with Crippen molar-refractivity contribution in [3.05, 3.63) is 76.5 Å². The Balaban J connectivity index is 1.74. The van der Waals surface area contributed by atoms with E-state index in [-0.39, 0.29) is 0 Å². The summed E-state index contributed by atoms with van der Waals surface area (Å²) in [7, 11) is 0. The molecule has 0 aliphatic carbocycles. The maximum Gasteiger partial charge on any atom is 0.118 e. The summed E-state index contributed by atoms with van der Waals surface area (Å²) in [6.45, 7) is 3.13. The minimum Gasteiger partial charge on any atom is -0.267 e. The van der Waals surface area contributed by atoms with Crippen molar-refractivity contribution < 1.29 is 4.84 Å².